The number of hydrogen-bond donors (Lipinski definition) is 1. The minimum atomic E-state index is -0.149. The van der Waals surface area contributed by atoms with Gasteiger partial charge in [-0.05, 0) is 41.7 Å². The summed E-state index contributed by atoms with van der Waals surface area (Å²) in [7, 11) is 0. The molecule has 0 radical (unpaired) electrons. The summed E-state index contributed by atoms with van der Waals surface area (Å²) in [6.45, 7) is 3.59. The number of amides is 1. The van der Waals surface area contributed by atoms with Crippen LogP contribution in [0.1, 0.15) is 24.0 Å². The Hall–Kier alpha value is -0.870. The largest absolute Gasteiger partial charge is 0.324 e. The molecule has 3 nitrogen and oxygen atoms in total. The molecule has 2 heterocycles. The molecule has 1 saturated heterocycles. The fourth-order valence-corrected chi connectivity index (χ4v) is 2.94. The Labute approximate surface area is 93.1 Å². The van der Waals surface area contributed by atoms with Gasteiger partial charge < -0.3 is 4.90 Å². The SMILES string of the molecule is Cc1cscc1CN1CNC2(CC2)C1=O. The summed E-state index contributed by atoms with van der Waals surface area (Å²) in [5.74, 6) is 0.299. The number of aryl methyl sites for hydroxylation is 1. The van der Waals surface area contributed by atoms with E-state index in [4.69, 9.17) is 0 Å². The number of nitrogens with one attached hydrogen (secondary N) is 1. The third-order valence-electron chi connectivity index (χ3n) is 3.38. The van der Waals surface area contributed by atoms with E-state index in [1.165, 1.54) is 11.1 Å². The third-order valence-corrected chi connectivity index (χ3v) is 4.29. The van der Waals surface area contributed by atoms with Gasteiger partial charge in [0.15, 0.2) is 0 Å². The van der Waals surface area contributed by atoms with Crippen molar-refractivity contribution in [3.63, 3.8) is 0 Å². The average molecular weight is 222 g/mol. The Morgan fingerprint density at radius 2 is 2.33 bits per heavy atom. The van der Waals surface area contributed by atoms with Crippen molar-refractivity contribution in [3.05, 3.63) is 21.9 Å². The summed E-state index contributed by atoms with van der Waals surface area (Å²) in [6.07, 6.45) is 2.04. The zero-order valence-electron chi connectivity index (χ0n) is 8.75. The highest BCUT2D eigenvalue weighted by atomic mass is 32.1. The van der Waals surface area contributed by atoms with E-state index in [0.29, 0.717) is 12.6 Å². The molecule has 1 spiro atoms. The summed E-state index contributed by atoms with van der Waals surface area (Å²) >= 11 is 1.71. The van der Waals surface area contributed by atoms with Crippen molar-refractivity contribution in [2.75, 3.05) is 6.67 Å². The van der Waals surface area contributed by atoms with E-state index in [9.17, 15) is 4.79 Å². The van der Waals surface area contributed by atoms with Crippen LogP contribution in [0.2, 0.25) is 0 Å². The van der Waals surface area contributed by atoms with E-state index in [1.54, 1.807) is 11.3 Å². The molecule has 1 aliphatic heterocycles. The first-order valence-corrected chi connectivity index (χ1v) is 6.22. The average Bonchev–Trinajstić information content (AvgIpc) is 2.83. The molecule has 1 N–H and O–H groups in total. The fraction of sp³-hybridized carbons (Fsp3) is 0.545. The van der Waals surface area contributed by atoms with Crippen molar-refractivity contribution >= 4 is 17.2 Å². The number of rotatable bonds is 2. The minimum Gasteiger partial charge on any atom is -0.324 e. The van der Waals surface area contributed by atoms with Gasteiger partial charge in [0.1, 0.15) is 0 Å². The maximum atomic E-state index is 12.0. The van der Waals surface area contributed by atoms with Gasteiger partial charge >= 0.3 is 0 Å². The topological polar surface area (TPSA) is 32.3 Å². The number of hydrogen-bond acceptors (Lipinski definition) is 3. The lowest BCUT2D eigenvalue weighted by Gasteiger charge is -2.14. The first kappa shape index (κ1) is 9.36. The van der Waals surface area contributed by atoms with E-state index in [1.807, 2.05) is 4.90 Å². The second kappa shape index (κ2) is 3.06. The van der Waals surface area contributed by atoms with E-state index in [-0.39, 0.29) is 5.54 Å². The van der Waals surface area contributed by atoms with Gasteiger partial charge in [-0.15, -0.1) is 0 Å². The molecule has 1 aromatic rings. The van der Waals surface area contributed by atoms with Crippen molar-refractivity contribution in [2.24, 2.45) is 0 Å². The molecule has 80 valence electrons. The first-order chi connectivity index (χ1) is 7.21. The van der Waals surface area contributed by atoms with Crippen LogP contribution in [0, 0.1) is 6.92 Å². The van der Waals surface area contributed by atoms with E-state index >= 15 is 0 Å². The van der Waals surface area contributed by atoms with Crippen LogP contribution >= 0.6 is 11.3 Å². The summed E-state index contributed by atoms with van der Waals surface area (Å²) in [4.78, 5) is 13.9. The molecular formula is C11H14N2OS. The van der Waals surface area contributed by atoms with Crippen LogP contribution in [0.3, 0.4) is 0 Å². The lowest BCUT2D eigenvalue weighted by atomic mass is 10.2. The summed E-state index contributed by atoms with van der Waals surface area (Å²) in [5.41, 5.74) is 2.43. The Morgan fingerprint density at radius 3 is 2.87 bits per heavy atom. The monoisotopic (exact) mass is 222 g/mol. The first-order valence-electron chi connectivity index (χ1n) is 5.27. The van der Waals surface area contributed by atoms with Crippen molar-refractivity contribution in [1.29, 1.82) is 0 Å². The molecule has 0 unspecified atom stereocenters. The fourth-order valence-electron chi connectivity index (χ4n) is 2.09. The maximum absolute atomic E-state index is 12.0. The molecule has 1 saturated carbocycles. The summed E-state index contributed by atoms with van der Waals surface area (Å²) in [5, 5.41) is 7.59. The summed E-state index contributed by atoms with van der Waals surface area (Å²) < 4.78 is 0. The van der Waals surface area contributed by atoms with Crippen LogP contribution in [0.5, 0.6) is 0 Å². The standard InChI is InChI=1S/C11H14N2OS/c1-8-5-15-6-9(8)4-13-7-12-11(2-3-11)10(13)14/h5-6,12H,2-4,7H2,1H3. The van der Waals surface area contributed by atoms with E-state index in [2.05, 4.69) is 23.0 Å². The Kier molecular flexibility index (Phi) is 1.91. The molecule has 0 atom stereocenters. The van der Waals surface area contributed by atoms with Gasteiger partial charge in [-0.1, -0.05) is 0 Å². The zero-order valence-corrected chi connectivity index (χ0v) is 9.56. The van der Waals surface area contributed by atoms with Crippen LogP contribution in [0.25, 0.3) is 0 Å². The molecule has 3 rings (SSSR count). The smallest absolute Gasteiger partial charge is 0.244 e. The van der Waals surface area contributed by atoms with Crippen molar-refractivity contribution in [2.45, 2.75) is 31.8 Å². The Morgan fingerprint density at radius 1 is 1.53 bits per heavy atom. The molecule has 2 fully saturated rings. The molecular weight excluding hydrogens is 208 g/mol. The molecule has 15 heavy (non-hydrogen) atoms. The number of carbonyl (C=O) groups excluding carboxylic acids is 1. The minimum absolute atomic E-state index is 0.149. The molecule has 1 aromatic heterocycles. The van der Waals surface area contributed by atoms with Crippen molar-refractivity contribution in [1.82, 2.24) is 10.2 Å². The predicted octanol–water partition coefficient (Wildman–Crippen LogP) is 1.48. The highest BCUT2D eigenvalue weighted by molar-refractivity contribution is 7.08. The Balaban J connectivity index is 1.75. The van der Waals surface area contributed by atoms with Gasteiger partial charge in [0, 0.05) is 6.54 Å². The van der Waals surface area contributed by atoms with E-state index in [0.717, 1.165) is 19.4 Å². The highest BCUT2D eigenvalue weighted by Gasteiger charge is 2.55. The van der Waals surface area contributed by atoms with Crippen molar-refractivity contribution < 1.29 is 4.79 Å². The van der Waals surface area contributed by atoms with Gasteiger partial charge in [0.25, 0.3) is 0 Å². The molecule has 0 bridgehead atoms. The van der Waals surface area contributed by atoms with Gasteiger partial charge in [0.2, 0.25) is 5.91 Å². The Bertz CT molecular complexity index is 408. The van der Waals surface area contributed by atoms with Crippen LogP contribution in [0.15, 0.2) is 10.8 Å². The third kappa shape index (κ3) is 1.40. The van der Waals surface area contributed by atoms with Crippen LogP contribution < -0.4 is 5.32 Å². The molecule has 4 heteroatoms. The molecule has 1 amide bonds. The second-order valence-corrected chi connectivity index (χ2v) is 5.24. The number of carbonyl (C=O) groups is 1. The van der Waals surface area contributed by atoms with Gasteiger partial charge in [0.05, 0.1) is 12.2 Å². The molecule has 1 aliphatic carbocycles. The zero-order chi connectivity index (χ0) is 10.5. The van der Waals surface area contributed by atoms with Crippen LogP contribution in [-0.2, 0) is 11.3 Å². The number of nitrogens with zero attached hydrogens (tertiary/aromatic N) is 1. The molecule has 0 aromatic carbocycles. The summed E-state index contributed by atoms with van der Waals surface area (Å²) in [6, 6.07) is 0. The number of thiophene rings is 1. The van der Waals surface area contributed by atoms with Crippen molar-refractivity contribution in [3.8, 4) is 0 Å². The van der Waals surface area contributed by atoms with E-state index < -0.39 is 0 Å². The van der Waals surface area contributed by atoms with Gasteiger partial charge in [-0.3, -0.25) is 10.1 Å². The van der Waals surface area contributed by atoms with Gasteiger partial charge in [-0.25, -0.2) is 0 Å². The maximum Gasteiger partial charge on any atom is 0.244 e. The lowest BCUT2D eigenvalue weighted by Crippen LogP contribution is -2.32. The predicted molar refractivity (Wildman–Crippen MR) is 59.6 cm³/mol. The lowest BCUT2D eigenvalue weighted by molar-refractivity contribution is -0.130. The highest BCUT2D eigenvalue weighted by Crippen LogP contribution is 2.40. The normalized spacial score (nSPS) is 22.7. The van der Waals surface area contributed by atoms with Gasteiger partial charge in [-0.2, -0.15) is 11.3 Å². The second-order valence-electron chi connectivity index (χ2n) is 4.50. The van der Waals surface area contributed by atoms with Crippen LogP contribution in [-0.4, -0.2) is 23.0 Å². The molecule has 2 aliphatic rings. The van der Waals surface area contributed by atoms with Crippen LogP contribution in [0.4, 0.5) is 0 Å². The quantitative estimate of drug-likeness (QED) is 0.822.